The van der Waals surface area contributed by atoms with E-state index < -0.39 is 0 Å². The Bertz CT molecular complexity index is 1250. The van der Waals surface area contributed by atoms with Crippen LogP contribution in [-0.2, 0) is 0 Å². The molecule has 0 spiro atoms. The third-order valence-corrected chi connectivity index (χ3v) is 7.02. The van der Waals surface area contributed by atoms with Crippen LogP contribution in [0.3, 0.4) is 0 Å². The fourth-order valence-electron chi connectivity index (χ4n) is 2.90. The normalized spacial score (nSPS) is 12.0. The lowest BCUT2D eigenvalue weighted by Crippen LogP contribution is -2.20. The molecule has 3 rings (SSSR count). The van der Waals surface area contributed by atoms with Gasteiger partial charge in [0.2, 0.25) is 0 Å². The molecule has 0 aliphatic carbocycles. The molecule has 0 unspecified atom stereocenters. The Labute approximate surface area is 212 Å². The van der Waals surface area contributed by atoms with Crippen LogP contribution in [-0.4, -0.2) is 29.1 Å². The second-order valence-corrected chi connectivity index (χ2v) is 10.9. The molecule has 0 saturated carbocycles. The number of aromatic nitrogens is 2. The number of hydrogen-bond acceptors (Lipinski definition) is 5. The zero-order valence-corrected chi connectivity index (χ0v) is 23.3. The van der Waals surface area contributed by atoms with Crippen LogP contribution in [0.1, 0.15) is 39.1 Å². The number of nitrogens with zero attached hydrogens (tertiary/aromatic N) is 3. The van der Waals surface area contributed by atoms with E-state index in [2.05, 4.69) is 78.6 Å². The Morgan fingerprint density at radius 2 is 1.84 bits per heavy atom. The van der Waals surface area contributed by atoms with Crippen LogP contribution >= 0.6 is 47.8 Å². The Morgan fingerprint density at radius 1 is 1.12 bits per heavy atom. The average Bonchev–Trinajstić information content (AvgIpc) is 2.71. The van der Waals surface area contributed by atoms with Crippen LogP contribution in [0, 0.1) is 12.3 Å². The molecule has 0 amide bonds. The van der Waals surface area contributed by atoms with Crippen molar-refractivity contribution in [1.82, 2.24) is 9.66 Å². The summed E-state index contributed by atoms with van der Waals surface area (Å²) in [4.78, 5) is 17.5. The van der Waals surface area contributed by atoms with Crippen LogP contribution < -0.4 is 15.0 Å². The lowest BCUT2D eigenvalue weighted by atomic mass is 9.99. The third kappa shape index (κ3) is 5.61. The second kappa shape index (κ2) is 10.1. The van der Waals surface area contributed by atoms with Gasteiger partial charge in [0, 0.05) is 14.5 Å². The molecule has 3 aromatic rings. The van der Waals surface area contributed by atoms with Crippen LogP contribution in [0.2, 0.25) is 0 Å². The summed E-state index contributed by atoms with van der Waals surface area (Å²) in [5, 5.41) is 4.92. The summed E-state index contributed by atoms with van der Waals surface area (Å²) in [7, 11) is 0. The number of ether oxygens (including phenoxy) is 2. The molecule has 0 atom stereocenters. The lowest BCUT2D eigenvalue weighted by molar-refractivity contribution is 0.187. The maximum absolute atomic E-state index is 13.0. The van der Waals surface area contributed by atoms with Gasteiger partial charge in [-0.05, 0) is 75.4 Å². The van der Waals surface area contributed by atoms with Gasteiger partial charge in [-0.3, -0.25) is 4.79 Å². The van der Waals surface area contributed by atoms with Gasteiger partial charge in [-0.25, -0.2) is 4.98 Å². The van der Waals surface area contributed by atoms with Gasteiger partial charge in [-0.2, -0.15) is 9.78 Å². The van der Waals surface area contributed by atoms with Crippen molar-refractivity contribution in [2.75, 3.05) is 13.2 Å². The highest BCUT2D eigenvalue weighted by molar-refractivity contribution is 9.13. The SMILES string of the molecule is CCOc1cc(C=Nn2c(C)nc3ccc(Br)cc3c2=O)c(Br)c(Br)c1OCC(C)(C)C. The molecular weight excluding hydrogens is 606 g/mol. The van der Waals surface area contributed by atoms with Crippen LogP contribution in [0.25, 0.3) is 10.9 Å². The number of halogens is 3. The van der Waals surface area contributed by atoms with Crippen molar-refractivity contribution < 1.29 is 9.47 Å². The molecule has 0 N–H and O–H groups in total. The summed E-state index contributed by atoms with van der Waals surface area (Å²) < 4.78 is 15.5. The number of benzene rings is 2. The topological polar surface area (TPSA) is 65.7 Å². The first kappa shape index (κ1) is 24.9. The Kier molecular flexibility index (Phi) is 7.83. The maximum atomic E-state index is 13.0. The van der Waals surface area contributed by atoms with E-state index in [1.165, 1.54) is 4.68 Å². The Balaban J connectivity index is 2.06. The van der Waals surface area contributed by atoms with E-state index in [-0.39, 0.29) is 11.0 Å². The molecule has 0 saturated heterocycles. The number of hydrogen-bond donors (Lipinski definition) is 0. The molecule has 0 bridgehead atoms. The predicted octanol–water partition coefficient (Wildman–Crippen LogP) is 6.70. The lowest BCUT2D eigenvalue weighted by Gasteiger charge is -2.22. The molecule has 170 valence electrons. The summed E-state index contributed by atoms with van der Waals surface area (Å²) in [5.74, 6) is 1.71. The van der Waals surface area contributed by atoms with E-state index in [9.17, 15) is 4.79 Å². The van der Waals surface area contributed by atoms with Crippen molar-refractivity contribution >= 4 is 64.9 Å². The van der Waals surface area contributed by atoms with E-state index >= 15 is 0 Å². The highest BCUT2D eigenvalue weighted by Gasteiger charge is 2.20. The van der Waals surface area contributed by atoms with Gasteiger partial charge >= 0.3 is 0 Å². The predicted molar refractivity (Wildman–Crippen MR) is 139 cm³/mol. The zero-order valence-electron chi connectivity index (χ0n) is 18.5. The molecule has 1 aromatic heterocycles. The van der Waals surface area contributed by atoms with E-state index in [0.29, 0.717) is 41.4 Å². The number of rotatable bonds is 6. The highest BCUT2D eigenvalue weighted by atomic mass is 79.9. The Hall–Kier alpha value is -1.71. The van der Waals surface area contributed by atoms with Crippen LogP contribution in [0.5, 0.6) is 11.5 Å². The molecule has 0 aliphatic rings. The largest absolute Gasteiger partial charge is 0.490 e. The van der Waals surface area contributed by atoms with Crippen molar-refractivity contribution in [3.63, 3.8) is 0 Å². The van der Waals surface area contributed by atoms with Gasteiger partial charge in [0.25, 0.3) is 5.56 Å². The van der Waals surface area contributed by atoms with Gasteiger partial charge in [0.15, 0.2) is 11.5 Å². The Morgan fingerprint density at radius 3 is 2.50 bits per heavy atom. The average molecular weight is 630 g/mol. The van der Waals surface area contributed by atoms with Gasteiger partial charge in [-0.15, -0.1) is 0 Å². The minimum atomic E-state index is -0.240. The standard InChI is InChI=1S/C23H24Br3N3O3/c1-6-31-18-9-14(19(25)20(26)21(18)32-12-23(3,4)5)11-27-29-13(2)28-17-8-7-15(24)10-16(17)22(29)30/h7-11H,6,12H2,1-5H3. The fourth-order valence-corrected chi connectivity index (χ4v) is 4.20. The maximum Gasteiger partial charge on any atom is 0.282 e. The van der Waals surface area contributed by atoms with Gasteiger partial charge in [-0.1, -0.05) is 36.7 Å². The number of aryl methyl sites for hydroxylation is 1. The summed E-state index contributed by atoms with van der Waals surface area (Å²) >= 11 is 10.6. The molecule has 9 heteroatoms. The van der Waals surface area contributed by atoms with Crippen molar-refractivity contribution in [3.05, 3.63) is 59.4 Å². The summed E-state index contributed by atoms with van der Waals surface area (Å²) in [5.41, 5.74) is 1.11. The first-order valence-electron chi connectivity index (χ1n) is 10.0. The molecular formula is C23H24Br3N3O3. The molecule has 0 radical (unpaired) electrons. The van der Waals surface area contributed by atoms with Crippen molar-refractivity contribution in [3.8, 4) is 11.5 Å². The summed E-state index contributed by atoms with van der Waals surface area (Å²) in [6.45, 7) is 11.0. The highest BCUT2D eigenvalue weighted by Crippen LogP contribution is 2.43. The first-order chi connectivity index (χ1) is 15.0. The molecule has 0 aliphatic heterocycles. The van der Waals surface area contributed by atoms with Crippen LogP contribution in [0.4, 0.5) is 0 Å². The molecule has 6 nitrogen and oxygen atoms in total. The van der Waals surface area contributed by atoms with E-state index in [4.69, 9.17) is 9.47 Å². The minimum Gasteiger partial charge on any atom is -0.490 e. The third-order valence-electron chi connectivity index (χ3n) is 4.39. The van der Waals surface area contributed by atoms with Crippen molar-refractivity contribution in [2.24, 2.45) is 10.5 Å². The molecule has 32 heavy (non-hydrogen) atoms. The smallest absolute Gasteiger partial charge is 0.282 e. The van der Waals surface area contributed by atoms with E-state index in [0.717, 1.165) is 19.0 Å². The molecule has 2 aromatic carbocycles. The van der Waals surface area contributed by atoms with E-state index in [1.807, 2.05) is 19.1 Å². The quantitative estimate of drug-likeness (QED) is 0.285. The van der Waals surface area contributed by atoms with E-state index in [1.54, 1.807) is 25.3 Å². The fraction of sp³-hybridized carbons (Fsp3) is 0.348. The van der Waals surface area contributed by atoms with Gasteiger partial charge in [0.05, 0.1) is 34.8 Å². The zero-order chi connectivity index (χ0) is 23.6. The van der Waals surface area contributed by atoms with Crippen molar-refractivity contribution in [1.29, 1.82) is 0 Å². The molecule has 0 fully saturated rings. The monoisotopic (exact) mass is 627 g/mol. The molecule has 1 heterocycles. The number of fused-ring (bicyclic) bond motifs is 1. The summed E-state index contributed by atoms with van der Waals surface area (Å²) in [6.07, 6.45) is 1.60. The minimum absolute atomic E-state index is 0.00764. The van der Waals surface area contributed by atoms with Gasteiger partial charge in [0.1, 0.15) is 5.82 Å². The van der Waals surface area contributed by atoms with Crippen LogP contribution in [0.15, 0.2) is 47.6 Å². The summed E-state index contributed by atoms with van der Waals surface area (Å²) in [6, 6.07) is 7.25. The van der Waals surface area contributed by atoms with Gasteiger partial charge < -0.3 is 9.47 Å². The first-order valence-corrected chi connectivity index (χ1v) is 12.4. The van der Waals surface area contributed by atoms with Crippen molar-refractivity contribution in [2.45, 2.75) is 34.6 Å². The second-order valence-electron chi connectivity index (χ2n) is 8.39.